The maximum Gasteiger partial charge on any atom is 0.259 e. The molecule has 0 saturated heterocycles. The van der Waals surface area contributed by atoms with E-state index in [-0.39, 0.29) is 23.0 Å². The lowest BCUT2D eigenvalue weighted by Gasteiger charge is -2.09. The maximum absolute atomic E-state index is 13.8. The number of hydrogen-bond donors (Lipinski definition) is 1. The number of nitrogens with zero attached hydrogens (tertiary/aromatic N) is 2. The lowest BCUT2D eigenvalue weighted by atomic mass is 10.3. The highest BCUT2D eigenvalue weighted by atomic mass is 19.1. The van der Waals surface area contributed by atoms with Crippen molar-refractivity contribution in [3.8, 4) is 11.6 Å². The zero-order valence-corrected chi connectivity index (χ0v) is 9.65. The Balaban J connectivity index is 2.37. The summed E-state index contributed by atoms with van der Waals surface area (Å²) in [5.41, 5.74) is 6.03. The molecule has 1 heterocycles. The number of aromatic nitrogens is 2. The molecule has 0 bridgehead atoms. The summed E-state index contributed by atoms with van der Waals surface area (Å²) in [5, 5.41) is 0. The third-order valence-electron chi connectivity index (χ3n) is 2.35. The topological polar surface area (TPSA) is 61.0 Å². The van der Waals surface area contributed by atoms with Gasteiger partial charge in [-0.05, 0) is 18.6 Å². The van der Waals surface area contributed by atoms with Gasteiger partial charge in [0.1, 0.15) is 12.1 Å². The number of nitrogen functional groups attached to an aromatic ring is 1. The molecule has 18 heavy (non-hydrogen) atoms. The monoisotopic (exact) mass is 251 g/mol. The second kappa shape index (κ2) is 4.95. The highest BCUT2D eigenvalue weighted by molar-refractivity contribution is 5.53. The Morgan fingerprint density at radius 3 is 2.78 bits per heavy atom. The number of benzene rings is 1. The van der Waals surface area contributed by atoms with Crippen LogP contribution in [-0.2, 0) is 6.42 Å². The van der Waals surface area contributed by atoms with E-state index in [4.69, 9.17) is 10.5 Å². The van der Waals surface area contributed by atoms with E-state index < -0.39 is 11.6 Å². The second-order valence-corrected chi connectivity index (χ2v) is 3.58. The summed E-state index contributed by atoms with van der Waals surface area (Å²) in [6.45, 7) is 1.76. The fraction of sp³-hybridized carbons (Fsp3) is 0.167. The van der Waals surface area contributed by atoms with E-state index in [0.29, 0.717) is 6.42 Å². The molecule has 0 aliphatic rings. The molecule has 0 aliphatic carbocycles. The molecule has 2 N–H and O–H groups in total. The molecule has 2 rings (SSSR count). The molecule has 0 spiro atoms. The van der Waals surface area contributed by atoms with Gasteiger partial charge in [0.2, 0.25) is 5.82 Å². The summed E-state index contributed by atoms with van der Waals surface area (Å²) in [7, 11) is 0. The zero-order valence-electron chi connectivity index (χ0n) is 9.65. The van der Waals surface area contributed by atoms with Crippen LogP contribution in [0.15, 0.2) is 24.5 Å². The number of anilines is 1. The van der Waals surface area contributed by atoms with Crippen LogP contribution >= 0.6 is 0 Å². The Morgan fingerprint density at radius 1 is 1.28 bits per heavy atom. The van der Waals surface area contributed by atoms with Crippen molar-refractivity contribution in [2.75, 3.05) is 5.73 Å². The van der Waals surface area contributed by atoms with Crippen LogP contribution in [0.3, 0.4) is 0 Å². The summed E-state index contributed by atoms with van der Waals surface area (Å²) in [5.74, 6) is -1.43. The highest BCUT2D eigenvalue weighted by Crippen LogP contribution is 2.28. The molecular weight excluding hydrogens is 240 g/mol. The molecule has 0 amide bonds. The Kier molecular flexibility index (Phi) is 3.36. The quantitative estimate of drug-likeness (QED) is 0.852. The first kappa shape index (κ1) is 12.2. The van der Waals surface area contributed by atoms with Gasteiger partial charge in [0, 0.05) is 6.07 Å². The molecule has 0 atom stereocenters. The Labute approximate surface area is 102 Å². The molecule has 0 radical (unpaired) electrons. The average molecular weight is 251 g/mol. The lowest BCUT2D eigenvalue weighted by Crippen LogP contribution is -2.01. The van der Waals surface area contributed by atoms with Crippen molar-refractivity contribution >= 4 is 5.69 Å². The normalized spacial score (nSPS) is 10.4. The van der Waals surface area contributed by atoms with Crippen LogP contribution in [0.2, 0.25) is 0 Å². The second-order valence-electron chi connectivity index (χ2n) is 3.58. The van der Waals surface area contributed by atoms with Gasteiger partial charge in [0.15, 0.2) is 5.75 Å². The Bertz CT molecular complexity index is 575. The first-order valence-electron chi connectivity index (χ1n) is 5.34. The number of rotatable bonds is 3. The number of ether oxygens (including phenoxy) is 1. The summed E-state index contributed by atoms with van der Waals surface area (Å²) >= 11 is 0. The predicted molar refractivity (Wildman–Crippen MR) is 62.3 cm³/mol. The zero-order chi connectivity index (χ0) is 13.1. The van der Waals surface area contributed by atoms with Crippen LogP contribution < -0.4 is 10.5 Å². The van der Waals surface area contributed by atoms with E-state index in [1.807, 2.05) is 0 Å². The standard InChI is InChI=1S/C12H11F2N3O/c1-2-9-11(14)12(17-6-16-9)18-10-5-7(13)3-4-8(10)15/h3-6H,2,15H2,1H3. The fourth-order valence-corrected chi connectivity index (χ4v) is 1.41. The highest BCUT2D eigenvalue weighted by Gasteiger charge is 2.13. The number of halogens is 2. The molecule has 1 aromatic heterocycles. The summed E-state index contributed by atoms with van der Waals surface area (Å²) in [6.07, 6.45) is 1.59. The molecule has 94 valence electrons. The minimum Gasteiger partial charge on any atom is -0.434 e. The van der Waals surface area contributed by atoms with Gasteiger partial charge in [-0.3, -0.25) is 0 Å². The van der Waals surface area contributed by atoms with Gasteiger partial charge in [0.25, 0.3) is 5.88 Å². The molecular formula is C12H11F2N3O. The van der Waals surface area contributed by atoms with Crippen molar-refractivity contribution in [1.29, 1.82) is 0 Å². The van der Waals surface area contributed by atoms with Crippen molar-refractivity contribution in [3.05, 3.63) is 41.9 Å². The van der Waals surface area contributed by atoms with E-state index in [9.17, 15) is 8.78 Å². The average Bonchev–Trinajstić information content (AvgIpc) is 2.36. The van der Waals surface area contributed by atoms with Crippen LogP contribution in [-0.4, -0.2) is 9.97 Å². The molecule has 4 nitrogen and oxygen atoms in total. The molecule has 0 saturated carbocycles. The van der Waals surface area contributed by atoms with E-state index in [0.717, 1.165) is 6.07 Å². The predicted octanol–water partition coefficient (Wildman–Crippen LogP) is 2.69. The first-order valence-corrected chi connectivity index (χ1v) is 5.34. The largest absolute Gasteiger partial charge is 0.434 e. The minimum absolute atomic E-state index is 0.0228. The first-order chi connectivity index (χ1) is 8.61. The van der Waals surface area contributed by atoms with Gasteiger partial charge in [0.05, 0.1) is 11.4 Å². The molecule has 6 heteroatoms. The van der Waals surface area contributed by atoms with E-state index in [2.05, 4.69) is 9.97 Å². The summed E-state index contributed by atoms with van der Waals surface area (Å²) in [4.78, 5) is 7.43. The minimum atomic E-state index is -0.663. The number of nitrogens with two attached hydrogens (primary N) is 1. The summed E-state index contributed by atoms with van der Waals surface area (Å²) < 4.78 is 32.0. The van der Waals surface area contributed by atoms with Gasteiger partial charge in [-0.2, -0.15) is 9.37 Å². The van der Waals surface area contributed by atoms with E-state index in [1.54, 1.807) is 6.92 Å². The SMILES string of the molecule is CCc1ncnc(Oc2cc(F)ccc2N)c1F. The van der Waals surface area contributed by atoms with Crippen LogP contribution in [0, 0.1) is 11.6 Å². The van der Waals surface area contributed by atoms with Gasteiger partial charge >= 0.3 is 0 Å². The Morgan fingerprint density at radius 2 is 2.06 bits per heavy atom. The smallest absolute Gasteiger partial charge is 0.259 e. The third kappa shape index (κ3) is 2.37. The van der Waals surface area contributed by atoms with Crippen LogP contribution in [0.4, 0.5) is 14.5 Å². The molecule has 0 fully saturated rings. The Hall–Kier alpha value is -2.24. The van der Waals surface area contributed by atoms with Gasteiger partial charge in [-0.15, -0.1) is 0 Å². The van der Waals surface area contributed by atoms with Gasteiger partial charge in [-0.25, -0.2) is 9.37 Å². The van der Waals surface area contributed by atoms with Crippen LogP contribution in [0.25, 0.3) is 0 Å². The molecule has 0 unspecified atom stereocenters. The van der Waals surface area contributed by atoms with Crippen LogP contribution in [0.1, 0.15) is 12.6 Å². The van der Waals surface area contributed by atoms with Crippen molar-refractivity contribution in [2.24, 2.45) is 0 Å². The van der Waals surface area contributed by atoms with Crippen LogP contribution in [0.5, 0.6) is 11.6 Å². The maximum atomic E-state index is 13.8. The lowest BCUT2D eigenvalue weighted by molar-refractivity contribution is 0.414. The van der Waals surface area contributed by atoms with Crippen molar-refractivity contribution < 1.29 is 13.5 Å². The van der Waals surface area contributed by atoms with Gasteiger partial charge < -0.3 is 10.5 Å². The fourth-order valence-electron chi connectivity index (χ4n) is 1.41. The summed E-state index contributed by atoms with van der Waals surface area (Å²) in [6, 6.07) is 3.60. The number of hydrogen-bond acceptors (Lipinski definition) is 4. The molecule has 0 aliphatic heterocycles. The van der Waals surface area contributed by atoms with Gasteiger partial charge in [-0.1, -0.05) is 6.92 Å². The van der Waals surface area contributed by atoms with E-state index in [1.165, 1.54) is 18.5 Å². The number of aryl methyl sites for hydroxylation is 1. The third-order valence-corrected chi connectivity index (χ3v) is 2.35. The van der Waals surface area contributed by atoms with Crippen molar-refractivity contribution in [1.82, 2.24) is 9.97 Å². The van der Waals surface area contributed by atoms with E-state index >= 15 is 0 Å². The molecule has 1 aromatic carbocycles. The molecule has 2 aromatic rings. The van der Waals surface area contributed by atoms with Crippen molar-refractivity contribution in [3.63, 3.8) is 0 Å². The van der Waals surface area contributed by atoms with Crippen molar-refractivity contribution in [2.45, 2.75) is 13.3 Å².